The summed E-state index contributed by atoms with van der Waals surface area (Å²) in [7, 11) is 0. The van der Waals surface area contributed by atoms with Crippen molar-refractivity contribution in [3.05, 3.63) is 46.3 Å². The van der Waals surface area contributed by atoms with Crippen LogP contribution in [0.5, 0.6) is 0 Å². The summed E-state index contributed by atoms with van der Waals surface area (Å²) < 4.78 is 4.84. The van der Waals surface area contributed by atoms with Crippen molar-refractivity contribution in [1.82, 2.24) is 5.16 Å². The van der Waals surface area contributed by atoms with Crippen LogP contribution in [-0.2, 0) is 0 Å². The van der Waals surface area contributed by atoms with Gasteiger partial charge in [0.1, 0.15) is 5.56 Å². The van der Waals surface area contributed by atoms with Crippen LogP contribution in [0.15, 0.2) is 44.6 Å². The average molecular weight is 244 g/mol. The van der Waals surface area contributed by atoms with Gasteiger partial charge in [0.2, 0.25) is 0 Å². The molecule has 0 aliphatic rings. The van der Waals surface area contributed by atoms with Gasteiger partial charge < -0.3 is 4.52 Å². The van der Waals surface area contributed by atoms with Crippen molar-refractivity contribution in [2.75, 3.05) is 0 Å². The molecule has 18 heavy (non-hydrogen) atoms. The summed E-state index contributed by atoms with van der Waals surface area (Å²) >= 11 is 0. The summed E-state index contributed by atoms with van der Waals surface area (Å²) in [6, 6.07) is 9.56. The van der Waals surface area contributed by atoms with Crippen molar-refractivity contribution < 1.29 is 4.52 Å². The fourth-order valence-corrected chi connectivity index (χ4v) is 1.50. The van der Waals surface area contributed by atoms with E-state index in [-0.39, 0.29) is 5.54 Å². The number of H-pyrrole nitrogens is 1. The van der Waals surface area contributed by atoms with Gasteiger partial charge in [0.15, 0.2) is 0 Å². The van der Waals surface area contributed by atoms with Gasteiger partial charge in [-0.3, -0.25) is 4.99 Å². The normalized spacial score (nSPS) is 12.2. The van der Waals surface area contributed by atoms with E-state index in [2.05, 4.69) is 10.1 Å². The minimum Gasteiger partial charge on any atom is -0.338 e. The highest BCUT2D eigenvalue weighted by Gasteiger charge is 2.13. The number of hydrogen-bond acceptors (Lipinski definition) is 3. The number of aliphatic imine (C=N–C) groups is 1. The molecular weight excluding hydrogens is 228 g/mol. The highest BCUT2D eigenvalue weighted by atomic mass is 16.5. The lowest BCUT2D eigenvalue weighted by Crippen LogP contribution is -2.11. The van der Waals surface area contributed by atoms with E-state index in [9.17, 15) is 4.79 Å². The Labute approximate surface area is 105 Å². The molecule has 1 heterocycles. The molecule has 4 nitrogen and oxygen atoms in total. The molecule has 0 aliphatic heterocycles. The lowest BCUT2D eigenvalue weighted by molar-refractivity contribution is 0.393. The molecule has 0 atom stereocenters. The standard InChI is InChI=1S/C14H16N2O2/c1-14(2,3)15-9-11-12(16-18-13(11)17)10-7-5-4-6-8-10/h4-9,16H,1-3H3. The molecule has 0 radical (unpaired) electrons. The molecule has 0 spiro atoms. The monoisotopic (exact) mass is 244 g/mol. The second kappa shape index (κ2) is 4.64. The molecular formula is C14H16N2O2. The van der Waals surface area contributed by atoms with Crippen molar-refractivity contribution in [2.24, 2.45) is 4.99 Å². The zero-order valence-corrected chi connectivity index (χ0v) is 10.7. The van der Waals surface area contributed by atoms with Crippen molar-refractivity contribution in [1.29, 1.82) is 0 Å². The predicted octanol–water partition coefficient (Wildman–Crippen LogP) is 2.85. The lowest BCUT2D eigenvalue weighted by Gasteiger charge is -2.10. The molecule has 0 aliphatic carbocycles. The van der Waals surface area contributed by atoms with Gasteiger partial charge in [-0.1, -0.05) is 30.3 Å². The first kappa shape index (κ1) is 12.4. The van der Waals surface area contributed by atoms with Crippen LogP contribution in [0.2, 0.25) is 0 Å². The topological polar surface area (TPSA) is 58.4 Å². The van der Waals surface area contributed by atoms with E-state index >= 15 is 0 Å². The second-order valence-electron chi connectivity index (χ2n) is 5.08. The Bertz CT molecular complexity index is 601. The quantitative estimate of drug-likeness (QED) is 0.826. The summed E-state index contributed by atoms with van der Waals surface area (Å²) in [4.78, 5) is 16.0. The first-order chi connectivity index (χ1) is 8.47. The Morgan fingerprint density at radius 1 is 1.22 bits per heavy atom. The molecule has 0 amide bonds. The Morgan fingerprint density at radius 2 is 1.89 bits per heavy atom. The van der Waals surface area contributed by atoms with Crippen molar-refractivity contribution in [3.8, 4) is 11.3 Å². The fourth-order valence-electron chi connectivity index (χ4n) is 1.50. The molecule has 1 N–H and O–H groups in total. The molecule has 0 bridgehead atoms. The van der Waals surface area contributed by atoms with Crippen LogP contribution in [0.3, 0.4) is 0 Å². The summed E-state index contributed by atoms with van der Waals surface area (Å²) in [5, 5.41) is 2.65. The van der Waals surface area contributed by atoms with E-state index in [4.69, 9.17) is 4.52 Å². The maximum Gasteiger partial charge on any atom is 0.366 e. The van der Waals surface area contributed by atoms with Crippen LogP contribution in [-0.4, -0.2) is 16.9 Å². The Morgan fingerprint density at radius 3 is 2.50 bits per heavy atom. The smallest absolute Gasteiger partial charge is 0.338 e. The van der Waals surface area contributed by atoms with E-state index in [1.54, 1.807) is 6.21 Å². The summed E-state index contributed by atoms with van der Waals surface area (Å²) in [6.45, 7) is 5.92. The molecule has 1 aromatic carbocycles. The van der Waals surface area contributed by atoms with Gasteiger partial charge in [0, 0.05) is 11.8 Å². The molecule has 0 unspecified atom stereocenters. The van der Waals surface area contributed by atoms with Crippen LogP contribution in [0.4, 0.5) is 0 Å². The van der Waals surface area contributed by atoms with Gasteiger partial charge in [-0.15, -0.1) is 0 Å². The van der Waals surface area contributed by atoms with Crippen LogP contribution in [0, 0.1) is 0 Å². The third-order valence-electron chi connectivity index (χ3n) is 2.38. The molecule has 4 heteroatoms. The molecule has 0 saturated carbocycles. The Kier molecular flexibility index (Phi) is 3.19. The van der Waals surface area contributed by atoms with E-state index in [0.29, 0.717) is 11.3 Å². The van der Waals surface area contributed by atoms with Crippen LogP contribution in [0.25, 0.3) is 11.3 Å². The van der Waals surface area contributed by atoms with Gasteiger partial charge in [0.05, 0.1) is 11.2 Å². The number of aromatic nitrogens is 1. The first-order valence-electron chi connectivity index (χ1n) is 5.79. The van der Waals surface area contributed by atoms with Gasteiger partial charge in [-0.05, 0) is 20.8 Å². The van der Waals surface area contributed by atoms with Crippen molar-refractivity contribution in [2.45, 2.75) is 26.3 Å². The highest BCUT2D eigenvalue weighted by molar-refractivity contribution is 5.88. The van der Waals surface area contributed by atoms with Gasteiger partial charge in [-0.2, -0.15) is 0 Å². The molecule has 0 saturated heterocycles. The minimum absolute atomic E-state index is 0.225. The predicted molar refractivity (Wildman–Crippen MR) is 72.1 cm³/mol. The van der Waals surface area contributed by atoms with Crippen LogP contribution >= 0.6 is 0 Å². The average Bonchev–Trinajstić information content (AvgIpc) is 2.68. The summed E-state index contributed by atoms with van der Waals surface area (Å²) in [5.74, 6) is 0. The lowest BCUT2D eigenvalue weighted by atomic mass is 10.1. The molecule has 2 aromatic rings. The molecule has 0 fully saturated rings. The van der Waals surface area contributed by atoms with E-state index in [1.807, 2.05) is 51.1 Å². The van der Waals surface area contributed by atoms with E-state index < -0.39 is 5.63 Å². The fraction of sp³-hybridized carbons (Fsp3) is 0.286. The van der Waals surface area contributed by atoms with Crippen molar-refractivity contribution >= 4 is 6.21 Å². The van der Waals surface area contributed by atoms with Gasteiger partial charge >= 0.3 is 5.63 Å². The SMILES string of the molecule is CC(C)(C)N=Cc1c(-c2ccccc2)[nH]oc1=O. The Hall–Kier alpha value is -2.10. The van der Waals surface area contributed by atoms with Crippen molar-refractivity contribution in [3.63, 3.8) is 0 Å². The number of aromatic amines is 1. The Balaban J connectivity index is 2.46. The molecule has 94 valence electrons. The van der Waals surface area contributed by atoms with Gasteiger partial charge in [0.25, 0.3) is 0 Å². The number of nitrogens with zero attached hydrogens (tertiary/aromatic N) is 1. The summed E-state index contributed by atoms with van der Waals surface area (Å²) in [5.41, 5.74) is 1.39. The number of benzene rings is 1. The minimum atomic E-state index is -0.401. The second-order valence-corrected chi connectivity index (χ2v) is 5.08. The first-order valence-corrected chi connectivity index (χ1v) is 5.79. The molecule has 2 rings (SSSR count). The van der Waals surface area contributed by atoms with E-state index in [1.165, 1.54) is 0 Å². The van der Waals surface area contributed by atoms with Crippen LogP contribution in [0.1, 0.15) is 26.3 Å². The number of rotatable bonds is 2. The zero-order valence-electron chi connectivity index (χ0n) is 10.7. The zero-order chi connectivity index (χ0) is 13.2. The molecule has 1 aromatic heterocycles. The maximum absolute atomic E-state index is 11.6. The summed E-state index contributed by atoms with van der Waals surface area (Å²) in [6.07, 6.45) is 1.57. The third kappa shape index (κ3) is 2.77. The third-order valence-corrected chi connectivity index (χ3v) is 2.38. The largest absolute Gasteiger partial charge is 0.366 e. The number of nitrogens with one attached hydrogen (secondary N) is 1. The van der Waals surface area contributed by atoms with Crippen LogP contribution < -0.4 is 5.63 Å². The highest BCUT2D eigenvalue weighted by Crippen LogP contribution is 2.18. The van der Waals surface area contributed by atoms with E-state index in [0.717, 1.165) is 5.56 Å². The van der Waals surface area contributed by atoms with Gasteiger partial charge in [-0.25, -0.2) is 9.95 Å². The maximum atomic E-state index is 11.6. The number of hydrogen-bond donors (Lipinski definition) is 1.